The number of carboxylic acids is 1. The molecule has 0 fully saturated rings. The monoisotopic (exact) mass is 380 g/mol. The highest BCUT2D eigenvalue weighted by atomic mass is 16.5. The molecule has 0 heterocycles. The van der Waals surface area contributed by atoms with Gasteiger partial charge in [-0.2, -0.15) is 0 Å². The standard InChI is InChI=1S/C23H24O5/c1-14-21(19(13-20(24)25)15-9-11-16(26-2)12-10-15)23(28-4)18-8-6-5-7-17(18)22(14)27-3/h5-12,19H,13H2,1-4H3,(H,24,25)/t19-/m0/s1. The van der Waals surface area contributed by atoms with Crippen molar-refractivity contribution < 1.29 is 24.1 Å². The molecule has 0 radical (unpaired) electrons. The lowest BCUT2D eigenvalue weighted by Gasteiger charge is -2.25. The fourth-order valence-corrected chi connectivity index (χ4v) is 3.82. The second-order valence-corrected chi connectivity index (χ2v) is 6.57. The first-order valence-electron chi connectivity index (χ1n) is 9.00. The predicted octanol–water partition coefficient (Wildman–Crippen LogP) is 4.78. The molecule has 0 aliphatic heterocycles. The molecule has 3 aromatic rings. The van der Waals surface area contributed by atoms with Gasteiger partial charge in [0.1, 0.15) is 17.2 Å². The van der Waals surface area contributed by atoms with Crippen LogP contribution < -0.4 is 14.2 Å². The fourth-order valence-electron chi connectivity index (χ4n) is 3.82. The second-order valence-electron chi connectivity index (χ2n) is 6.57. The lowest BCUT2D eigenvalue weighted by molar-refractivity contribution is -0.137. The van der Waals surface area contributed by atoms with Gasteiger partial charge in [0.25, 0.3) is 0 Å². The molecule has 0 unspecified atom stereocenters. The number of fused-ring (bicyclic) bond motifs is 1. The minimum atomic E-state index is -0.880. The van der Waals surface area contributed by atoms with Crippen LogP contribution in [0.25, 0.3) is 10.8 Å². The Balaban J connectivity index is 2.32. The average molecular weight is 380 g/mol. The van der Waals surface area contributed by atoms with Crippen LogP contribution in [0.1, 0.15) is 29.0 Å². The smallest absolute Gasteiger partial charge is 0.304 e. The van der Waals surface area contributed by atoms with Crippen LogP contribution >= 0.6 is 0 Å². The van der Waals surface area contributed by atoms with E-state index in [1.165, 1.54) is 0 Å². The highest BCUT2D eigenvalue weighted by Gasteiger charge is 2.27. The van der Waals surface area contributed by atoms with Crippen LogP contribution in [-0.4, -0.2) is 32.4 Å². The third-order valence-electron chi connectivity index (χ3n) is 5.06. The summed E-state index contributed by atoms with van der Waals surface area (Å²) in [5, 5.41) is 11.4. The Morgan fingerprint density at radius 1 is 0.893 bits per heavy atom. The van der Waals surface area contributed by atoms with Crippen LogP contribution in [0.2, 0.25) is 0 Å². The van der Waals surface area contributed by atoms with Crippen molar-refractivity contribution in [3.8, 4) is 17.2 Å². The van der Waals surface area contributed by atoms with E-state index in [4.69, 9.17) is 14.2 Å². The molecule has 0 saturated carbocycles. The van der Waals surface area contributed by atoms with Gasteiger partial charge in [-0.25, -0.2) is 0 Å². The van der Waals surface area contributed by atoms with E-state index in [9.17, 15) is 9.90 Å². The maximum absolute atomic E-state index is 11.7. The van der Waals surface area contributed by atoms with Gasteiger partial charge >= 0.3 is 5.97 Å². The average Bonchev–Trinajstić information content (AvgIpc) is 2.71. The summed E-state index contributed by atoms with van der Waals surface area (Å²) in [6.45, 7) is 1.95. The molecule has 5 nitrogen and oxygen atoms in total. The molecule has 0 spiro atoms. The number of carboxylic acid groups (broad SMARTS) is 1. The Morgan fingerprint density at radius 2 is 1.46 bits per heavy atom. The zero-order valence-electron chi connectivity index (χ0n) is 16.5. The molecular formula is C23H24O5. The number of carbonyl (C=O) groups is 1. The highest BCUT2D eigenvalue weighted by molar-refractivity contribution is 5.96. The zero-order chi connectivity index (χ0) is 20.3. The first-order valence-corrected chi connectivity index (χ1v) is 9.00. The number of ether oxygens (including phenoxy) is 3. The summed E-state index contributed by atoms with van der Waals surface area (Å²) >= 11 is 0. The van der Waals surface area contributed by atoms with Crippen molar-refractivity contribution in [2.45, 2.75) is 19.3 Å². The van der Waals surface area contributed by atoms with Gasteiger partial charge in [0.15, 0.2) is 0 Å². The Labute approximate surface area is 164 Å². The Morgan fingerprint density at radius 3 is 1.96 bits per heavy atom. The molecule has 1 N–H and O–H groups in total. The van der Waals surface area contributed by atoms with Crippen molar-refractivity contribution in [1.82, 2.24) is 0 Å². The second kappa shape index (κ2) is 8.21. The van der Waals surface area contributed by atoms with Gasteiger partial charge in [0.05, 0.1) is 27.8 Å². The number of benzene rings is 3. The molecule has 0 aliphatic carbocycles. The van der Waals surface area contributed by atoms with Crippen LogP contribution in [0.5, 0.6) is 17.2 Å². The fraction of sp³-hybridized carbons (Fsp3) is 0.261. The Hall–Kier alpha value is -3.21. The van der Waals surface area contributed by atoms with E-state index in [0.717, 1.165) is 39.0 Å². The molecule has 3 rings (SSSR count). The van der Waals surface area contributed by atoms with Gasteiger partial charge in [0, 0.05) is 22.3 Å². The van der Waals surface area contributed by atoms with E-state index in [2.05, 4.69) is 0 Å². The number of hydrogen-bond donors (Lipinski definition) is 1. The van der Waals surface area contributed by atoms with Gasteiger partial charge in [-0.15, -0.1) is 0 Å². The number of rotatable bonds is 7. The SMILES string of the molecule is COc1ccc([C@H](CC(=O)O)c2c(C)c(OC)c3ccccc3c2OC)cc1. The summed E-state index contributed by atoms with van der Waals surface area (Å²) in [7, 11) is 4.85. The third-order valence-corrected chi connectivity index (χ3v) is 5.06. The molecular weight excluding hydrogens is 356 g/mol. The molecule has 146 valence electrons. The normalized spacial score (nSPS) is 11.9. The summed E-state index contributed by atoms with van der Waals surface area (Å²) < 4.78 is 16.7. The summed E-state index contributed by atoms with van der Waals surface area (Å²) in [4.78, 5) is 11.7. The first kappa shape index (κ1) is 19.5. The van der Waals surface area contributed by atoms with Gasteiger partial charge in [-0.05, 0) is 30.2 Å². The summed E-state index contributed by atoms with van der Waals surface area (Å²) in [6.07, 6.45) is -0.0645. The van der Waals surface area contributed by atoms with Crippen molar-refractivity contribution in [2.75, 3.05) is 21.3 Å². The van der Waals surface area contributed by atoms with Crippen LogP contribution in [0.3, 0.4) is 0 Å². The minimum Gasteiger partial charge on any atom is -0.497 e. The van der Waals surface area contributed by atoms with E-state index in [0.29, 0.717) is 5.75 Å². The van der Waals surface area contributed by atoms with Gasteiger partial charge in [0.2, 0.25) is 0 Å². The van der Waals surface area contributed by atoms with Crippen molar-refractivity contribution in [1.29, 1.82) is 0 Å². The maximum Gasteiger partial charge on any atom is 0.304 e. The summed E-state index contributed by atoms with van der Waals surface area (Å²) in [5.41, 5.74) is 2.58. The van der Waals surface area contributed by atoms with Crippen molar-refractivity contribution in [3.63, 3.8) is 0 Å². The quantitative estimate of drug-likeness (QED) is 0.639. The summed E-state index contributed by atoms with van der Waals surface area (Å²) in [6, 6.07) is 15.3. The maximum atomic E-state index is 11.7. The van der Waals surface area contributed by atoms with Gasteiger partial charge in [-0.3, -0.25) is 4.79 Å². The molecule has 0 aromatic heterocycles. The molecule has 28 heavy (non-hydrogen) atoms. The number of hydrogen-bond acceptors (Lipinski definition) is 4. The number of methoxy groups -OCH3 is 3. The van der Waals surface area contributed by atoms with E-state index in [1.54, 1.807) is 21.3 Å². The zero-order valence-corrected chi connectivity index (χ0v) is 16.5. The van der Waals surface area contributed by atoms with Crippen LogP contribution in [0.15, 0.2) is 48.5 Å². The van der Waals surface area contributed by atoms with Crippen LogP contribution in [0.4, 0.5) is 0 Å². The van der Waals surface area contributed by atoms with Gasteiger partial charge < -0.3 is 19.3 Å². The first-order chi connectivity index (χ1) is 13.5. The molecule has 0 bridgehead atoms. The van der Waals surface area contributed by atoms with Crippen molar-refractivity contribution >= 4 is 16.7 Å². The van der Waals surface area contributed by atoms with Crippen molar-refractivity contribution in [3.05, 3.63) is 65.2 Å². The Kier molecular flexibility index (Phi) is 5.73. The third kappa shape index (κ3) is 3.48. The highest BCUT2D eigenvalue weighted by Crippen LogP contribution is 2.46. The van der Waals surface area contributed by atoms with Crippen LogP contribution in [-0.2, 0) is 4.79 Å². The predicted molar refractivity (Wildman–Crippen MR) is 109 cm³/mol. The van der Waals surface area contributed by atoms with E-state index in [-0.39, 0.29) is 6.42 Å². The molecule has 1 atom stereocenters. The Bertz CT molecular complexity index is 992. The van der Waals surface area contributed by atoms with Crippen molar-refractivity contribution in [2.24, 2.45) is 0 Å². The van der Waals surface area contributed by atoms with Gasteiger partial charge in [-0.1, -0.05) is 36.4 Å². The molecule has 3 aromatic carbocycles. The minimum absolute atomic E-state index is 0.0645. The van der Waals surface area contributed by atoms with Crippen LogP contribution in [0, 0.1) is 6.92 Å². The molecule has 5 heteroatoms. The molecule has 0 amide bonds. The lowest BCUT2D eigenvalue weighted by atomic mass is 9.83. The van der Waals surface area contributed by atoms with E-state index in [1.807, 2.05) is 55.5 Å². The largest absolute Gasteiger partial charge is 0.497 e. The summed E-state index contributed by atoms with van der Waals surface area (Å²) in [5.74, 6) is 0.857. The topological polar surface area (TPSA) is 65.0 Å². The molecule has 0 saturated heterocycles. The van der Waals surface area contributed by atoms with E-state index >= 15 is 0 Å². The molecule has 0 aliphatic rings. The van der Waals surface area contributed by atoms with E-state index < -0.39 is 11.9 Å². The number of aliphatic carboxylic acids is 1. The lowest BCUT2D eigenvalue weighted by Crippen LogP contribution is -2.12.